The first-order chi connectivity index (χ1) is 23.0. The molecule has 0 fully saturated rings. The Bertz CT molecular complexity index is 1170. The molecular formula is C38H64N10. The first-order valence-electron chi connectivity index (χ1n) is 17.0. The van der Waals surface area contributed by atoms with Crippen LogP contribution in [0.25, 0.3) is 0 Å². The molecule has 0 spiro atoms. The molecule has 0 aliphatic carbocycles. The molecule has 0 radical (unpaired) electrons. The second-order valence-corrected chi connectivity index (χ2v) is 11.9. The van der Waals surface area contributed by atoms with Crippen LogP contribution in [0.3, 0.4) is 0 Å². The van der Waals surface area contributed by atoms with E-state index in [9.17, 15) is 0 Å². The van der Waals surface area contributed by atoms with Crippen LogP contribution in [0.15, 0.2) is 113 Å². The standard InChI is InChI=1S/C7H12N2.C7H11N.C6H10N2.C6H12N2.C6H10N2.C6H9N/c1-3-9-6-4-5-8-7(9)2;1-2-8-6-4-3-5-7-8;1-6-3-4-8(2)5-7-6;1-7-4-3-5-8(2)6-7;1-6-7-4-3-5-8(6)2;1-7-5-3-2-4-6-7/h4-7H,3H2,1-2H3;3-6H,2,7H2,1H3;3-4H,5H2,1-2H3;3-4H,5-6H2,1-2H3;3-6H,1-2H3;2-5H,6H2,1H3. The third-order valence-electron chi connectivity index (χ3n) is 7.44. The van der Waals surface area contributed by atoms with Crippen molar-refractivity contribution in [2.45, 2.75) is 47.0 Å². The van der Waals surface area contributed by atoms with E-state index in [1.807, 2.05) is 75.1 Å². The van der Waals surface area contributed by atoms with Gasteiger partial charge in [0.2, 0.25) is 0 Å². The number of allylic oxidation sites excluding steroid dienone is 7. The minimum atomic E-state index is 0.319. The summed E-state index contributed by atoms with van der Waals surface area (Å²) in [6, 6.07) is 0. The van der Waals surface area contributed by atoms with Crippen LogP contribution in [0, 0.1) is 0 Å². The zero-order valence-electron chi connectivity index (χ0n) is 31.5. The van der Waals surface area contributed by atoms with E-state index in [2.05, 4.69) is 154 Å². The molecule has 0 aromatic rings. The van der Waals surface area contributed by atoms with Crippen molar-refractivity contribution in [3.05, 3.63) is 98.0 Å². The van der Waals surface area contributed by atoms with Gasteiger partial charge in [-0.1, -0.05) is 30.4 Å². The molecule has 10 heteroatoms. The van der Waals surface area contributed by atoms with Crippen molar-refractivity contribution in [2.75, 3.05) is 81.3 Å². The molecule has 6 aliphatic heterocycles. The van der Waals surface area contributed by atoms with Gasteiger partial charge in [0.25, 0.3) is 0 Å². The van der Waals surface area contributed by atoms with Crippen LogP contribution in [0.4, 0.5) is 0 Å². The summed E-state index contributed by atoms with van der Waals surface area (Å²) >= 11 is 0. The van der Waals surface area contributed by atoms with Gasteiger partial charge in [-0.3, -0.25) is 19.9 Å². The molecule has 0 saturated heterocycles. The summed E-state index contributed by atoms with van der Waals surface area (Å²) in [5.74, 6) is 0. The number of hydrogen-bond acceptors (Lipinski definition) is 10. The van der Waals surface area contributed by atoms with E-state index in [1.165, 1.54) is 0 Å². The molecule has 10 nitrogen and oxygen atoms in total. The number of likely N-dealkylation sites (N-methyl/N-ethyl adjacent to an activating group) is 3. The fourth-order valence-electron chi connectivity index (χ4n) is 4.24. The van der Waals surface area contributed by atoms with Crippen molar-refractivity contribution in [3.63, 3.8) is 0 Å². The van der Waals surface area contributed by atoms with Crippen molar-refractivity contribution in [3.8, 4) is 0 Å². The van der Waals surface area contributed by atoms with Gasteiger partial charge in [-0.05, 0) is 90.6 Å². The summed E-state index contributed by atoms with van der Waals surface area (Å²) in [5, 5.41) is 0. The molecule has 6 rings (SSSR count). The predicted octanol–water partition coefficient (Wildman–Crippen LogP) is 5.71. The van der Waals surface area contributed by atoms with Gasteiger partial charge in [-0.25, -0.2) is 0 Å². The Balaban J connectivity index is 0.000000288. The van der Waals surface area contributed by atoms with E-state index >= 15 is 0 Å². The lowest BCUT2D eigenvalue weighted by Crippen LogP contribution is -2.33. The lowest BCUT2D eigenvalue weighted by molar-refractivity contribution is 0.229. The van der Waals surface area contributed by atoms with Crippen molar-refractivity contribution in [1.29, 1.82) is 0 Å². The zero-order chi connectivity index (χ0) is 35.6. The van der Waals surface area contributed by atoms with Gasteiger partial charge in [0, 0.05) is 97.7 Å². The van der Waals surface area contributed by atoms with Crippen molar-refractivity contribution in [1.82, 2.24) is 34.3 Å². The molecule has 6 aliphatic rings. The normalized spacial score (nSPS) is 21.5. The van der Waals surface area contributed by atoms with Gasteiger partial charge >= 0.3 is 0 Å². The molecule has 0 saturated carbocycles. The molecule has 2 atom stereocenters. The quantitative estimate of drug-likeness (QED) is 0.377. The lowest BCUT2D eigenvalue weighted by atomic mass is 10.3. The lowest BCUT2D eigenvalue weighted by Gasteiger charge is -2.25. The van der Waals surface area contributed by atoms with E-state index in [0.29, 0.717) is 12.3 Å². The highest BCUT2D eigenvalue weighted by molar-refractivity contribution is 5.93. The van der Waals surface area contributed by atoms with Gasteiger partial charge in [-0.2, -0.15) is 0 Å². The van der Waals surface area contributed by atoms with Crippen LogP contribution in [-0.2, 0) is 0 Å². The average Bonchev–Trinajstić information content (AvgIpc) is 3.10. The third-order valence-corrected chi connectivity index (χ3v) is 7.44. The highest BCUT2D eigenvalue weighted by Gasteiger charge is 2.05. The number of hydrogen-bond donors (Lipinski definition) is 0. The second-order valence-electron chi connectivity index (χ2n) is 11.9. The molecular weight excluding hydrogens is 596 g/mol. The Morgan fingerprint density at radius 2 is 1.29 bits per heavy atom. The van der Waals surface area contributed by atoms with Crippen LogP contribution >= 0.6 is 0 Å². The second kappa shape index (κ2) is 25.7. The minimum Gasteiger partial charge on any atom is -0.377 e. The van der Waals surface area contributed by atoms with Gasteiger partial charge in [0.1, 0.15) is 19.0 Å². The SMILES string of the molecule is CC1=NCN(C)C=C1.CC1N=CC=CN1C.CCN1C=CC=CC1.CCN1C=CC=NC1C.CN1C=CC=CC1.CN1C=CCN(C)C1. The van der Waals surface area contributed by atoms with Crippen LogP contribution in [0.2, 0.25) is 0 Å². The molecule has 0 bridgehead atoms. The number of nitrogens with zero attached hydrogens (tertiary/aromatic N) is 10. The maximum absolute atomic E-state index is 4.20. The summed E-state index contributed by atoms with van der Waals surface area (Å²) in [4.78, 5) is 27.5. The molecule has 2 unspecified atom stereocenters. The van der Waals surface area contributed by atoms with Crippen LogP contribution in [-0.4, -0.2) is 146 Å². The molecule has 0 aromatic carbocycles. The Morgan fingerprint density at radius 3 is 1.62 bits per heavy atom. The third kappa shape index (κ3) is 20.7. The summed E-state index contributed by atoms with van der Waals surface area (Å²) in [7, 11) is 10.3. The number of rotatable bonds is 2. The van der Waals surface area contributed by atoms with Gasteiger partial charge in [0.05, 0.1) is 6.67 Å². The molecule has 48 heavy (non-hydrogen) atoms. The first kappa shape index (κ1) is 41.7. The van der Waals surface area contributed by atoms with Crippen molar-refractivity contribution < 1.29 is 0 Å². The summed E-state index contributed by atoms with van der Waals surface area (Å²) in [5.41, 5.74) is 1.11. The predicted molar refractivity (Wildman–Crippen MR) is 210 cm³/mol. The molecule has 0 amide bonds. The number of aliphatic imine (C=N–C) groups is 3. The minimum absolute atomic E-state index is 0.319. The van der Waals surface area contributed by atoms with E-state index in [4.69, 9.17) is 0 Å². The maximum Gasteiger partial charge on any atom is 0.117 e. The van der Waals surface area contributed by atoms with E-state index in [1.54, 1.807) is 0 Å². The summed E-state index contributed by atoms with van der Waals surface area (Å²) in [6.07, 6.45) is 37.3. The molecule has 0 N–H and O–H groups in total. The maximum atomic E-state index is 4.20. The topological polar surface area (TPSA) is 59.8 Å². The van der Waals surface area contributed by atoms with E-state index in [0.717, 1.165) is 51.8 Å². The van der Waals surface area contributed by atoms with Crippen LogP contribution in [0.5, 0.6) is 0 Å². The smallest absolute Gasteiger partial charge is 0.117 e. The van der Waals surface area contributed by atoms with Crippen molar-refractivity contribution >= 4 is 18.1 Å². The molecule has 6 heterocycles. The highest BCUT2D eigenvalue weighted by Crippen LogP contribution is 2.03. The van der Waals surface area contributed by atoms with Crippen molar-refractivity contribution in [2.24, 2.45) is 15.0 Å². The zero-order valence-corrected chi connectivity index (χ0v) is 31.5. The fourth-order valence-corrected chi connectivity index (χ4v) is 4.24. The monoisotopic (exact) mass is 661 g/mol. The van der Waals surface area contributed by atoms with Gasteiger partial charge in [-0.15, -0.1) is 0 Å². The summed E-state index contributed by atoms with van der Waals surface area (Å²) < 4.78 is 0. The Hall–Kier alpha value is -4.31. The highest BCUT2D eigenvalue weighted by atomic mass is 15.3. The van der Waals surface area contributed by atoms with Gasteiger partial charge in [0.15, 0.2) is 0 Å². The van der Waals surface area contributed by atoms with Crippen LogP contribution < -0.4 is 0 Å². The van der Waals surface area contributed by atoms with Crippen LogP contribution in [0.1, 0.15) is 34.6 Å². The Morgan fingerprint density at radius 1 is 0.625 bits per heavy atom. The van der Waals surface area contributed by atoms with Gasteiger partial charge < -0.3 is 29.4 Å². The summed E-state index contributed by atoms with van der Waals surface area (Å²) in [6.45, 7) is 17.7. The van der Waals surface area contributed by atoms with E-state index < -0.39 is 0 Å². The average molecular weight is 661 g/mol. The molecule has 0 aromatic heterocycles. The molecule has 266 valence electrons. The largest absolute Gasteiger partial charge is 0.377 e. The first-order valence-corrected chi connectivity index (χ1v) is 17.0. The Labute approximate surface area is 293 Å². The Kier molecular flexibility index (Phi) is 22.4. The fraction of sp³-hybridized carbons (Fsp3) is 0.500. The van der Waals surface area contributed by atoms with E-state index in [-0.39, 0.29) is 0 Å².